The molecule has 0 saturated heterocycles. The molecule has 76 valence electrons. The van der Waals surface area contributed by atoms with E-state index in [1.165, 1.54) is 0 Å². The maximum Gasteiger partial charge on any atom is 0.355 e. The van der Waals surface area contributed by atoms with E-state index in [1.54, 1.807) is 0 Å². The first-order valence-corrected chi connectivity index (χ1v) is 4.48. The van der Waals surface area contributed by atoms with E-state index in [2.05, 4.69) is 20.9 Å². The van der Waals surface area contributed by atoms with Crippen molar-refractivity contribution in [2.45, 2.75) is 6.43 Å². The van der Waals surface area contributed by atoms with Gasteiger partial charge in [0.1, 0.15) is 5.69 Å². The fraction of sp³-hybridized carbons (Fsp3) is 0.143. The predicted octanol–water partition coefficient (Wildman–Crippen LogP) is 3.13. The molecule has 0 bridgehead atoms. The van der Waals surface area contributed by atoms with E-state index in [4.69, 9.17) is 16.7 Å². The number of aromatic carboxylic acids is 1. The molecule has 14 heavy (non-hydrogen) atoms. The molecule has 0 aromatic carbocycles. The minimum Gasteiger partial charge on any atom is -0.476 e. The first-order chi connectivity index (χ1) is 6.43. The van der Waals surface area contributed by atoms with Gasteiger partial charge in [-0.2, -0.15) is 0 Å². The molecular weight excluding hydrogens is 283 g/mol. The number of rotatable bonds is 2. The van der Waals surface area contributed by atoms with Crippen molar-refractivity contribution in [2.24, 2.45) is 0 Å². The number of hydrogen-bond acceptors (Lipinski definition) is 2. The van der Waals surface area contributed by atoms with Crippen LogP contribution in [-0.2, 0) is 0 Å². The van der Waals surface area contributed by atoms with E-state index >= 15 is 0 Å². The Morgan fingerprint density at radius 1 is 1.64 bits per heavy atom. The van der Waals surface area contributed by atoms with Crippen LogP contribution in [0, 0.1) is 0 Å². The maximum absolute atomic E-state index is 12.2. The van der Waals surface area contributed by atoms with Gasteiger partial charge in [-0.25, -0.2) is 18.6 Å². The van der Waals surface area contributed by atoms with Crippen molar-refractivity contribution in [3.05, 3.63) is 26.9 Å². The molecule has 1 aromatic heterocycles. The summed E-state index contributed by atoms with van der Waals surface area (Å²) in [4.78, 5) is 13.8. The van der Waals surface area contributed by atoms with Crippen molar-refractivity contribution in [1.82, 2.24) is 4.98 Å². The molecule has 0 fully saturated rings. The van der Waals surface area contributed by atoms with Crippen LogP contribution in [0.1, 0.15) is 22.6 Å². The van der Waals surface area contributed by atoms with Gasteiger partial charge in [0.15, 0.2) is 5.69 Å². The van der Waals surface area contributed by atoms with Crippen LogP contribution >= 0.6 is 27.5 Å². The van der Waals surface area contributed by atoms with Crippen LogP contribution < -0.4 is 0 Å². The smallest absolute Gasteiger partial charge is 0.355 e. The van der Waals surface area contributed by atoms with E-state index in [9.17, 15) is 13.6 Å². The SMILES string of the molecule is O=C(O)c1nc(C(F)F)c(Cl)cc1Br. The zero-order chi connectivity index (χ0) is 10.9. The number of halogens is 4. The highest BCUT2D eigenvalue weighted by molar-refractivity contribution is 9.10. The summed E-state index contributed by atoms with van der Waals surface area (Å²) in [6.07, 6.45) is -2.89. The molecule has 0 radical (unpaired) electrons. The van der Waals surface area contributed by atoms with Crippen LogP contribution in [-0.4, -0.2) is 16.1 Å². The lowest BCUT2D eigenvalue weighted by Crippen LogP contribution is -2.05. The molecule has 0 aliphatic carbocycles. The Labute approximate surface area is 90.8 Å². The van der Waals surface area contributed by atoms with Crippen LogP contribution in [0.15, 0.2) is 10.5 Å². The van der Waals surface area contributed by atoms with Crippen LogP contribution in [0.5, 0.6) is 0 Å². The number of carboxylic acid groups (broad SMARTS) is 1. The average molecular weight is 286 g/mol. The van der Waals surface area contributed by atoms with Crippen LogP contribution in [0.25, 0.3) is 0 Å². The molecule has 0 spiro atoms. The van der Waals surface area contributed by atoms with Crippen molar-refractivity contribution in [1.29, 1.82) is 0 Å². The van der Waals surface area contributed by atoms with Gasteiger partial charge in [0.2, 0.25) is 0 Å². The highest BCUT2D eigenvalue weighted by atomic mass is 79.9. The molecular formula is C7H3BrClF2NO2. The highest BCUT2D eigenvalue weighted by Crippen LogP contribution is 2.29. The minimum atomic E-state index is -2.89. The molecule has 0 atom stereocenters. The van der Waals surface area contributed by atoms with Gasteiger partial charge in [0.05, 0.1) is 9.50 Å². The molecule has 3 nitrogen and oxygen atoms in total. The molecule has 0 amide bonds. The van der Waals surface area contributed by atoms with Gasteiger partial charge in [-0.1, -0.05) is 11.6 Å². The number of nitrogens with zero attached hydrogens (tertiary/aromatic N) is 1. The van der Waals surface area contributed by atoms with Gasteiger partial charge in [-0.05, 0) is 22.0 Å². The third-order valence-corrected chi connectivity index (χ3v) is 2.27. The number of pyridine rings is 1. The second-order valence-corrected chi connectivity index (χ2v) is 3.55. The van der Waals surface area contributed by atoms with Gasteiger partial charge in [-0.15, -0.1) is 0 Å². The van der Waals surface area contributed by atoms with Crippen molar-refractivity contribution in [3.63, 3.8) is 0 Å². The standard InChI is InChI=1S/C7H3BrClF2NO2/c8-2-1-3(9)5(6(10)11)12-4(2)7(13)14/h1,6H,(H,13,14). The fourth-order valence-electron chi connectivity index (χ4n) is 0.784. The zero-order valence-electron chi connectivity index (χ0n) is 6.47. The van der Waals surface area contributed by atoms with E-state index in [0.29, 0.717) is 0 Å². The summed E-state index contributed by atoms with van der Waals surface area (Å²) in [5.41, 5.74) is -1.21. The lowest BCUT2D eigenvalue weighted by atomic mass is 10.3. The normalized spacial score (nSPS) is 10.6. The number of carboxylic acids is 1. The number of alkyl halides is 2. The lowest BCUT2D eigenvalue weighted by Gasteiger charge is -2.04. The summed E-state index contributed by atoms with van der Waals surface area (Å²) in [7, 11) is 0. The molecule has 0 aliphatic heterocycles. The summed E-state index contributed by atoms with van der Waals surface area (Å²) < 4.78 is 24.6. The first-order valence-electron chi connectivity index (χ1n) is 3.31. The molecule has 1 aromatic rings. The van der Waals surface area contributed by atoms with Crippen molar-refractivity contribution in [2.75, 3.05) is 0 Å². The Morgan fingerprint density at radius 2 is 2.21 bits per heavy atom. The average Bonchev–Trinajstić information content (AvgIpc) is 2.02. The minimum absolute atomic E-state index is 0.0689. The highest BCUT2D eigenvalue weighted by Gasteiger charge is 2.19. The molecule has 7 heteroatoms. The molecule has 0 aliphatic rings. The van der Waals surface area contributed by atoms with Crippen LogP contribution in [0.4, 0.5) is 8.78 Å². The van der Waals surface area contributed by atoms with Gasteiger partial charge >= 0.3 is 5.97 Å². The maximum atomic E-state index is 12.2. The second kappa shape index (κ2) is 4.18. The van der Waals surface area contributed by atoms with E-state index < -0.39 is 23.8 Å². The van der Waals surface area contributed by atoms with E-state index in [1.807, 2.05) is 0 Å². The molecule has 0 saturated carbocycles. The van der Waals surface area contributed by atoms with Gasteiger partial charge in [0, 0.05) is 0 Å². The third kappa shape index (κ3) is 2.19. The Kier molecular flexibility index (Phi) is 3.38. The molecule has 0 unspecified atom stereocenters. The monoisotopic (exact) mass is 285 g/mol. The molecule has 1 rings (SSSR count). The summed E-state index contributed by atoms with van der Waals surface area (Å²) in [5, 5.41) is 8.32. The molecule has 1 heterocycles. The summed E-state index contributed by atoms with van der Waals surface area (Å²) in [5.74, 6) is -1.39. The van der Waals surface area contributed by atoms with Crippen molar-refractivity contribution < 1.29 is 18.7 Å². The number of aromatic nitrogens is 1. The Hall–Kier alpha value is -0.750. The summed E-state index contributed by atoms with van der Waals surface area (Å²) in [6.45, 7) is 0. The summed E-state index contributed by atoms with van der Waals surface area (Å²) in [6, 6.07) is 1.08. The number of hydrogen-bond donors (Lipinski definition) is 1. The van der Waals surface area contributed by atoms with Crippen LogP contribution in [0.3, 0.4) is 0 Å². The van der Waals surface area contributed by atoms with Crippen LogP contribution in [0.2, 0.25) is 5.02 Å². The van der Waals surface area contributed by atoms with E-state index in [-0.39, 0.29) is 9.50 Å². The van der Waals surface area contributed by atoms with Crippen molar-refractivity contribution >= 4 is 33.5 Å². The Bertz CT molecular complexity index is 386. The quantitative estimate of drug-likeness (QED) is 0.908. The fourth-order valence-corrected chi connectivity index (χ4v) is 1.64. The Balaban J connectivity index is 3.34. The second-order valence-electron chi connectivity index (χ2n) is 2.29. The summed E-state index contributed by atoms with van der Waals surface area (Å²) >= 11 is 8.29. The zero-order valence-corrected chi connectivity index (χ0v) is 8.81. The molecule has 1 N–H and O–H groups in total. The predicted molar refractivity (Wildman–Crippen MR) is 48.9 cm³/mol. The largest absolute Gasteiger partial charge is 0.476 e. The Morgan fingerprint density at radius 3 is 2.64 bits per heavy atom. The first kappa shape index (κ1) is 11.3. The number of carbonyl (C=O) groups is 1. The third-order valence-electron chi connectivity index (χ3n) is 1.37. The van der Waals surface area contributed by atoms with E-state index in [0.717, 1.165) is 6.07 Å². The lowest BCUT2D eigenvalue weighted by molar-refractivity contribution is 0.0687. The van der Waals surface area contributed by atoms with Gasteiger partial charge in [-0.3, -0.25) is 0 Å². The van der Waals surface area contributed by atoms with Gasteiger partial charge < -0.3 is 5.11 Å². The topological polar surface area (TPSA) is 50.2 Å². The van der Waals surface area contributed by atoms with Crippen molar-refractivity contribution in [3.8, 4) is 0 Å². The van der Waals surface area contributed by atoms with Gasteiger partial charge in [0.25, 0.3) is 6.43 Å².